The SMILES string of the molecule is CCNC(=NC)NCCCCN(Cc1nccc2c3c([nH]c12)C=CCC3C)C1CCCc2cccnc21. The number of aromatic amines is 1. The second-order valence-corrected chi connectivity index (χ2v) is 10.3. The molecule has 0 radical (unpaired) electrons. The van der Waals surface area contributed by atoms with Crippen molar-refractivity contribution >= 4 is 22.9 Å². The van der Waals surface area contributed by atoms with Crippen LogP contribution in [0.1, 0.15) is 86.1 Å². The summed E-state index contributed by atoms with van der Waals surface area (Å²) in [5, 5.41) is 8.03. The van der Waals surface area contributed by atoms with Crippen molar-refractivity contribution in [3.8, 4) is 0 Å². The second-order valence-electron chi connectivity index (χ2n) is 10.3. The molecule has 0 aliphatic heterocycles. The molecule has 3 N–H and O–H groups in total. The molecular weight excluding hydrogens is 458 g/mol. The van der Waals surface area contributed by atoms with Crippen LogP contribution in [0, 0.1) is 0 Å². The third kappa shape index (κ3) is 5.57. The number of allylic oxidation sites excluding steroid dienone is 1. The van der Waals surface area contributed by atoms with Gasteiger partial charge in [-0.3, -0.25) is 19.9 Å². The number of nitrogens with zero attached hydrogens (tertiary/aromatic N) is 4. The zero-order chi connectivity index (χ0) is 25.6. The van der Waals surface area contributed by atoms with E-state index in [-0.39, 0.29) is 0 Å². The largest absolute Gasteiger partial charge is 0.357 e. The van der Waals surface area contributed by atoms with Gasteiger partial charge in [0.2, 0.25) is 0 Å². The van der Waals surface area contributed by atoms with Crippen LogP contribution >= 0.6 is 0 Å². The molecule has 0 fully saturated rings. The summed E-state index contributed by atoms with van der Waals surface area (Å²) < 4.78 is 0. The molecule has 7 heteroatoms. The summed E-state index contributed by atoms with van der Waals surface area (Å²) >= 11 is 0. The molecule has 3 aromatic heterocycles. The van der Waals surface area contributed by atoms with Crippen molar-refractivity contribution in [1.29, 1.82) is 0 Å². The summed E-state index contributed by atoms with van der Waals surface area (Å²) in [6, 6.07) is 6.85. The number of hydrogen-bond acceptors (Lipinski definition) is 4. The Morgan fingerprint density at radius 3 is 2.97 bits per heavy atom. The first kappa shape index (κ1) is 25.5. The number of rotatable bonds is 9. The maximum atomic E-state index is 4.91. The highest BCUT2D eigenvalue weighted by Crippen LogP contribution is 2.38. The van der Waals surface area contributed by atoms with Crippen LogP contribution in [0.15, 0.2) is 41.7 Å². The highest BCUT2D eigenvalue weighted by Gasteiger charge is 2.28. The van der Waals surface area contributed by atoms with Gasteiger partial charge in [0, 0.05) is 50.2 Å². The van der Waals surface area contributed by atoms with Crippen molar-refractivity contribution in [3.05, 3.63) is 64.9 Å². The van der Waals surface area contributed by atoms with Gasteiger partial charge in [-0.05, 0) is 87.2 Å². The van der Waals surface area contributed by atoms with Gasteiger partial charge < -0.3 is 15.6 Å². The Kier molecular flexibility index (Phi) is 8.19. The Balaban J connectivity index is 1.37. The van der Waals surface area contributed by atoms with Crippen LogP contribution in [0.5, 0.6) is 0 Å². The van der Waals surface area contributed by atoms with Gasteiger partial charge in [0.15, 0.2) is 5.96 Å². The average molecular weight is 500 g/mol. The lowest BCUT2D eigenvalue weighted by Crippen LogP contribution is -2.38. The number of aromatic nitrogens is 3. The number of guanidine groups is 1. The van der Waals surface area contributed by atoms with Crippen molar-refractivity contribution < 1.29 is 0 Å². The third-order valence-corrected chi connectivity index (χ3v) is 7.83. The highest BCUT2D eigenvalue weighted by molar-refractivity contribution is 5.89. The molecule has 0 saturated heterocycles. The van der Waals surface area contributed by atoms with Gasteiger partial charge in [-0.25, -0.2) is 0 Å². The van der Waals surface area contributed by atoms with Gasteiger partial charge in [-0.15, -0.1) is 0 Å². The number of aryl methyl sites for hydroxylation is 1. The van der Waals surface area contributed by atoms with Crippen molar-refractivity contribution in [2.24, 2.45) is 4.99 Å². The molecule has 0 aromatic carbocycles. The molecule has 5 rings (SSSR count). The number of aliphatic imine (C=N–C) groups is 1. The lowest BCUT2D eigenvalue weighted by Gasteiger charge is -2.35. The number of hydrogen-bond donors (Lipinski definition) is 3. The summed E-state index contributed by atoms with van der Waals surface area (Å²) in [5.74, 6) is 1.40. The Labute approximate surface area is 220 Å². The highest BCUT2D eigenvalue weighted by atomic mass is 15.2. The van der Waals surface area contributed by atoms with E-state index in [2.05, 4.69) is 69.7 Å². The first-order chi connectivity index (χ1) is 18.2. The van der Waals surface area contributed by atoms with E-state index in [4.69, 9.17) is 9.97 Å². The predicted octanol–water partition coefficient (Wildman–Crippen LogP) is 5.32. The van der Waals surface area contributed by atoms with E-state index in [1.54, 1.807) is 0 Å². The van der Waals surface area contributed by atoms with Crippen LogP contribution < -0.4 is 10.6 Å². The summed E-state index contributed by atoms with van der Waals surface area (Å²) in [7, 11) is 1.82. The minimum Gasteiger partial charge on any atom is -0.357 e. The molecule has 37 heavy (non-hydrogen) atoms. The van der Waals surface area contributed by atoms with Crippen molar-refractivity contribution in [2.75, 3.05) is 26.7 Å². The van der Waals surface area contributed by atoms with Crippen LogP contribution in [0.3, 0.4) is 0 Å². The van der Waals surface area contributed by atoms with Gasteiger partial charge >= 0.3 is 0 Å². The van der Waals surface area contributed by atoms with Gasteiger partial charge in [-0.2, -0.15) is 0 Å². The third-order valence-electron chi connectivity index (χ3n) is 7.83. The molecule has 2 atom stereocenters. The molecule has 0 amide bonds. The fraction of sp³-hybridized carbons (Fsp3) is 0.500. The maximum Gasteiger partial charge on any atom is 0.190 e. The quantitative estimate of drug-likeness (QED) is 0.211. The Morgan fingerprint density at radius 2 is 2.11 bits per heavy atom. The maximum absolute atomic E-state index is 4.91. The number of nitrogens with one attached hydrogen (secondary N) is 3. The summed E-state index contributed by atoms with van der Waals surface area (Å²) in [6.45, 7) is 8.03. The number of fused-ring (bicyclic) bond motifs is 4. The Morgan fingerprint density at radius 1 is 1.19 bits per heavy atom. The van der Waals surface area contributed by atoms with Crippen molar-refractivity contribution in [3.63, 3.8) is 0 Å². The topological polar surface area (TPSA) is 81.2 Å². The first-order valence-corrected chi connectivity index (χ1v) is 14.0. The normalized spacial score (nSPS) is 19.2. The van der Waals surface area contributed by atoms with E-state index in [1.807, 2.05) is 19.4 Å². The first-order valence-electron chi connectivity index (χ1n) is 14.0. The van der Waals surface area contributed by atoms with E-state index < -0.39 is 0 Å². The number of pyridine rings is 2. The lowest BCUT2D eigenvalue weighted by atomic mass is 9.90. The van der Waals surface area contributed by atoms with Crippen LogP contribution in [-0.2, 0) is 13.0 Å². The van der Waals surface area contributed by atoms with Gasteiger partial charge in [0.05, 0.1) is 22.9 Å². The molecule has 2 aliphatic rings. The summed E-state index contributed by atoms with van der Waals surface area (Å²) in [5.41, 5.74) is 7.69. The average Bonchev–Trinajstić information content (AvgIpc) is 3.32. The fourth-order valence-corrected chi connectivity index (χ4v) is 6.02. The molecule has 0 spiro atoms. The van der Waals surface area contributed by atoms with Gasteiger partial charge in [0.1, 0.15) is 0 Å². The molecule has 196 valence electrons. The van der Waals surface area contributed by atoms with E-state index in [1.165, 1.54) is 39.8 Å². The molecule has 3 heterocycles. The van der Waals surface area contributed by atoms with Crippen LogP contribution in [0.4, 0.5) is 0 Å². The van der Waals surface area contributed by atoms with Crippen LogP contribution in [-0.4, -0.2) is 52.5 Å². The van der Waals surface area contributed by atoms with Crippen molar-refractivity contribution in [2.45, 2.75) is 70.9 Å². The molecule has 2 unspecified atom stereocenters. The van der Waals surface area contributed by atoms with Crippen LogP contribution in [0.2, 0.25) is 0 Å². The Hall–Kier alpha value is -3.19. The smallest absolute Gasteiger partial charge is 0.190 e. The summed E-state index contributed by atoms with van der Waals surface area (Å²) in [6.07, 6.45) is 15.2. The molecule has 0 bridgehead atoms. The molecular formula is C30H41N7. The minimum atomic E-state index is 0.327. The molecule has 7 nitrogen and oxygen atoms in total. The van der Waals surface area contributed by atoms with Crippen molar-refractivity contribution in [1.82, 2.24) is 30.5 Å². The molecule has 3 aromatic rings. The zero-order valence-electron chi connectivity index (χ0n) is 22.6. The molecule has 0 saturated carbocycles. The fourth-order valence-electron chi connectivity index (χ4n) is 6.02. The minimum absolute atomic E-state index is 0.327. The van der Waals surface area contributed by atoms with E-state index in [9.17, 15) is 0 Å². The van der Waals surface area contributed by atoms with Gasteiger partial charge in [0.25, 0.3) is 0 Å². The van der Waals surface area contributed by atoms with Gasteiger partial charge in [-0.1, -0.05) is 19.1 Å². The number of H-pyrrole nitrogens is 1. The standard InChI is InChI=1S/C30H41N7/c1-4-32-30(31-3)35-16-5-6-19-37(26-14-8-11-22-12-9-17-34-28(22)26)20-25-29-23(15-18-33-25)27-21(2)10-7-13-24(27)36-29/h7,9,12-13,15,17-18,21,26,36H,4-6,8,10-11,14,16,19-20H2,1-3H3,(H2,31,32,35). The second kappa shape index (κ2) is 11.9. The number of unbranched alkanes of at least 4 members (excludes halogenated alkanes) is 1. The van der Waals surface area contributed by atoms with E-state index >= 15 is 0 Å². The summed E-state index contributed by atoms with van der Waals surface area (Å²) in [4.78, 5) is 20.4. The van der Waals surface area contributed by atoms with E-state index in [0.717, 1.165) is 69.9 Å². The molecule has 2 aliphatic carbocycles. The van der Waals surface area contributed by atoms with E-state index in [0.29, 0.717) is 12.0 Å². The zero-order valence-corrected chi connectivity index (χ0v) is 22.6. The predicted molar refractivity (Wildman–Crippen MR) is 153 cm³/mol. The monoisotopic (exact) mass is 499 g/mol. The Bertz CT molecular complexity index is 1260. The van der Waals surface area contributed by atoms with Crippen LogP contribution in [0.25, 0.3) is 17.0 Å². The lowest BCUT2D eigenvalue weighted by molar-refractivity contribution is 0.161.